The van der Waals surface area contributed by atoms with Gasteiger partial charge >= 0.3 is 0 Å². The average molecular weight is 184 g/mol. The fraction of sp³-hybridized carbons (Fsp3) is 1.00. The summed E-state index contributed by atoms with van der Waals surface area (Å²) < 4.78 is 0. The minimum atomic E-state index is 0.874. The highest BCUT2D eigenvalue weighted by Crippen LogP contribution is 2.26. The highest BCUT2D eigenvalue weighted by atomic mass is 14.2. The molecular formula is C13H28. The van der Waals surface area contributed by atoms with Gasteiger partial charge in [0, 0.05) is 0 Å². The zero-order valence-corrected chi connectivity index (χ0v) is 10.3. The van der Waals surface area contributed by atoms with E-state index in [-0.39, 0.29) is 0 Å². The molecule has 0 radical (unpaired) electrons. The first-order chi connectivity index (χ1) is 6.11. The van der Waals surface area contributed by atoms with Gasteiger partial charge in [-0.05, 0) is 24.2 Å². The van der Waals surface area contributed by atoms with Crippen LogP contribution in [-0.4, -0.2) is 0 Å². The van der Waals surface area contributed by atoms with Gasteiger partial charge in [0.15, 0.2) is 0 Å². The number of hydrogen-bond donors (Lipinski definition) is 0. The first kappa shape index (κ1) is 13.0. The van der Waals surface area contributed by atoms with Crippen molar-refractivity contribution in [2.45, 2.75) is 66.7 Å². The second kappa shape index (κ2) is 7.41. The van der Waals surface area contributed by atoms with Crippen LogP contribution in [-0.2, 0) is 0 Å². The Morgan fingerprint density at radius 2 is 1.38 bits per heavy atom. The van der Waals surface area contributed by atoms with Crippen LogP contribution in [0.2, 0.25) is 0 Å². The van der Waals surface area contributed by atoms with Crippen molar-refractivity contribution in [1.29, 1.82) is 0 Å². The lowest BCUT2D eigenvalue weighted by Crippen LogP contribution is -2.12. The van der Waals surface area contributed by atoms with Crippen LogP contribution in [0.15, 0.2) is 0 Å². The molecule has 80 valence electrons. The summed E-state index contributed by atoms with van der Waals surface area (Å²) in [5.74, 6) is 2.77. The lowest BCUT2D eigenvalue weighted by atomic mass is 9.83. The molecule has 0 aromatic carbocycles. The Hall–Kier alpha value is 0. The van der Waals surface area contributed by atoms with Gasteiger partial charge in [0.05, 0.1) is 0 Å². The highest BCUT2D eigenvalue weighted by Gasteiger charge is 2.15. The Labute approximate surface area is 85.1 Å². The molecule has 0 saturated carbocycles. The fourth-order valence-corrected chi connectivity index (χ4v) is 2.22. The van der Waals surface area contributed by atoms with E-state index in [0.717, 1.165) is 17.8 Å². The summed E-state index contributed by atoms with van der Waals surface area (Å²) in [6.07, 6.45) is 6.97. The van der Waals surface area contributed by atoms with Gasteiger partial charge in [-0.3, -0.25) is 0 Å². The van der Waals surface area contributed by atoms with Crippen LogP contribution in [0.1, 0.15) is 66.7 Å². The van der Waals surface area contributed by atoms with Crippen molar-refractivity contribution in [3.8, 4) is 0 Å². The SMILES string of the molecule is CCCC(C)CC(CCC)C(C)C. The second-order valence-electron chi connectivity index (χ2n) is 4.92. The molecule has 13 heavy (non-hydrogen) atoms. The molecule has 0 rings (SSSR count). The van der Waals surface area contributed by atoms with E-state index in [2.05, 4.69) is 34.6 Å². The molecule has 0 heterocycles. The molecule has 0 N–H and O–H groups in total. The predicted molar refractivity (Wildman–Crippen MR) is 61.9 cm³/mol. The van der Waals surface area contributed by atoms with Gasteiger partial charge in [0.2, 0.25) is 0 Å². The molecule has 0 aliphatic heterocycles. The van der Waals surface area contributed by atoms with Gasteiger partial charge < -0.3 is 0 Å². The maximum atomic E-state index is 2.41. The van der Waals surface area contributed by atoms with Gasteiger partial charge in [-0.1, -0.05) is 60.3 Å². The zero-order valence-electron chi connectivity index (χ0n) is 10.3. The summed E-state index contributed by atoms with van der Waals surface area (Å²) in [5, 5.41) is 0. The predicted octanol–water partition coefficient (Wildman–Crippen LogP) is 4.89. The smallest absolute Gasteiger partial charge is 0.0389 e. The Bertz CT molecular complexity index is 105. The molecule has 0 amide bonds. The Morgan fingerprint density at radius 3 is 1.77 bits per heavy atom. The third-order valence-corrected chi connectivity index (χ3v) is 3.09. The van der Waals surface area contributed by atoms with Crippen LogP contribution in [0.25, 0.3) is 0 Å². The molecule has 0 spiro atoms. The van der Waals surface area contributed by atoms with E-state index in [1.54, 1.807) is 0 Å². The van der Waals surface area contributed by atoms with Crippen LogP contribution in [0.3, 0.4) is 0 Å². The lowest BCUT2D eigenvalue weighted by molar-refractivity contribution is 0.279. The molecule has 0 bridgehead atoms. The van der Waals surface area contributed by atoms with Gasteiger partial charge in [0.25, 0.3) is 0 Å². The second-order valence-corrected chi connectivity index (χ2v) is 4.92. The fourth-order valence-electron chi connectivity index (χ4n) is 2.22. The number of hydrogen-bond acceptors (Lipinski definition) is 0. The van der Waals surface area contributed by atoms with E-state index in [4.69, 9.17) is 0 Å². The largest absolute Gasteiger partial charge is 0.0654 e. The van der Waals surface area contributed by atoms with Crippen LogP contribution in [0.4, 0.5) is 0 Å². The first-order valence-electron chi connectivity index (χ1n) is 6.11. The monoisotopic (exact) mass is 184 g/mol. The minimum Gasteiger partial charge on any atom is -0.0654 e. The molecule has 0 saturated heterocycles. The Morgan fingerprint density at radius 1 is 0.846 bits per heavy atom. The van der Waals surface area contributed by atoms with Crippen molar-refractivity contribution >= 4 is 0 Å². The molecule has 0 fully saturated rings. The van der Waals surface area contributed by atoms with E-state index in [9.17, 15) is 0 Å². The summed E-state index contributed by atoms with van der Waals surface area (Å²) in [5.41, 5.74) is 0. The van der Waals surface area contributed by atoms with Crippen molar-refractivity contribution in [3.05, 3.63) is 0 Å². The third kappa shape index (κ3) is 6.12. The van der Waals surface area contributed by atoms with E-state index in [1.165, 1.54) is 32.1 Å². The van der Waals surface area contributed by atoms with Crippen molar-refractivity contribution in [3.63, 3.8) is 0 Å². The highest BCUT2D eigenvalue weighted by molar-refractivity contribution is 4.66. The molecule has 0 aromatic rings. The van der Waals surface area contributed by atoms with E-state index in [1.807, 2.05) is 0 Å². The maximum absolute atomic E-state index is 2.41. The first-order valence-corrected chi connectivity index (χ1v) is 6.11. The van der Waals surface area contributed by atoms with Crippen LogP contribution in [0.5, 0.6) is 0 Å². The van der Waals surface area contributed by atoms with Crippen LogP contribution >= 0.6 is 0 Å². The minimum absolute atomic E-state index is 0.874. The summed E-state index contributed by atoms with van der Waals surface area (Å²) >= 11 is 0. The summed E-state index contributed by atoms with van der Waals surface area (Å²) in [6, 6.07) is 0. The topological polar surface area (TPSA) is 0 Å². The molecule has 0 heteroatoms. The molecule has 0 nitrogen and oxygen atoms in total. The van der Waals surface area contributed by atoms with E-state index in [0.29, 0.717) is 0 Å². The molecule has 0 aromatic heterocycles. The molecular weight excluding hydrogens is 156 g/mol. The normalized spacial score (nSPS) is 16.2. The molecule has 0 aliphatic carbocycles. The van der Waals surface area contributed by atoms with E-state index < -0.39 is 0 Å². The summed E-state index contributed by atoms with van der Waals surface area (Å²) in [4.78, 5) is 0. The van der Waals surface area contributed by atoms with Gasteiger partial charge in [-0.15, -0.1) is 0 Å². The van der Waals surface area contributed by atoms with Crippen LogP contribution in [0, 0.1) is 17.8 Å². The average Bonchev–Trinajstić information content (AvgIpc) is 2.04. The Balaban J connectivity index is 3.79. The lowest BCUT2D eigenvalue weighted by Gasteiger charge is -2.23. The summed E-state index contributed by atoms with van der Waals surface area (Å²) in [6.45, 7) is 11.8. The van der Waals surface area contributed by atoms with Crippen molar-refractivity contribution < 1.29 is 0 Å². The Kier molecular flexibility index (Phi) is 7.41. The molecule has 0 aliphatic rings. The van der Waals surface area contributed by atoms with Gasteiger partial charge in [-0.2, -0.15) is 0 Å². The van der Waals surface area contributed by atoms with Crippen LogP contribution < -0.4 is 0 Å². The van der Waals surface area contributed by atoms with E-state index >= 15 is 0 Å². The molecule has 2 unspecified atom stereocenters. The molecule has 2 atom stereocenters. The zero-order chi connectivity index (χ0) is 10.3. The number of rotatable bonds is 7. The van der Waals surface area contributed by atoms with Crippen molar-refractivity contribution in [1.82, 2.24) is 0 Å². The standard InChI is InChI=1S/C13H28/c1-6-8-12(5)10-13(9-7-2)11(3)4/h11-13H,6-10H2,1-5H3. The van der Waals surface area contributed by atoms with Crippen molar-refractivity contribution in [2.75, 3.05) is 0 Å². The van der Waals surface area contributed by atoms with Gasteiger partial charge in [0.1, 0.15) is 0 Å². The quantitative estimate of drug-likeness (QED) is 0.528. The maximum Gasteiger partial charge on any atom is -0.0389 e. The summed E-state index contributed by atoms with van der Waals surface area (Å²) in [7, 11) is 0. The third-order valence-electron chi connectivity index (χ3n) is 3.09. The van der Waals surface area contributed by atoms with Crippen molar-refractivity contribution in [2.24, 2.45) is 17.8 Å². The van der Waals surface area contributed by atoms with Gasteiger partial charge in [-0.25, -0.2) is 0 Å².